The van der Waals surface area contributed by atoms with E-state index in [-0.39, 0.29) is 30.2 Å². The summed E-state index contributed by atoms with van der Waals surface area (Å²) in [7, 11) is -0.651. The van der Waals surface area contributed by atoms with Crippen LogP contribution in [0.15, 0.2) is 61.1 Å². The number of carbonyl (C=O) groups excluding carboxylic acids is 1. The number of rotatable bonds is 7. The van der Waals surface area contributed by atoms with Gasteiger partial charge in [0, 0.05) is 44.5 Å². The zero-order valence-electron chi connectivity index (χ0n) is 20.1. The molecule has 36 heavy (non-hydrogen) atoms. The summed E-state index contributed by atoms with van der Waals surface area (Å²) in [6.07, 6.45) is 4.83. The molecule has 0 spiro atoms. The van der Waals surface area contributed by atoms with E-state index in [0.717, 1.165) is 38.2 Å². The molecule has 0 radical (unpaired) electrons. The summed E-state index contributed by atoms with van der Waals surface area (Å²) in [6, 6.07) is 14.4. The normalized spacial score (nSPS) is 14.6. The SMILES string of the molecule is COc1cccc(CN2CCC(N(C)C(=O)n3cnc(-c4cccc(OS(N)(=O)=O)c4)c3)CC2)c1.Cl. The van der Waals surface area contributed by atoms with Crippen LogP contribution in [0.5, 0.6) is 11.5 Å². The Hall–Kier alpha value is -3.12. The molecular formula is C24H30ClN5O5S. The number of nitrogens with zero attached hydrogens (tertiary/aromatic N) is 4. The third-order valence-electron chi connectivity index (χ3n) is 6.09. The van der Waals surface area contributed by atoms with Gasteiger partial charge in [-0.1, -0.05) is 24.3 Å². The second-order valence-electron chi connectivity index (χ2n) is 8.52. The lowest BCUT2D eigenvalue weighted by Gasteiger charge is -2.36. The summed E-state index contributed by atoms with van der Waals surface area (Å²) in [5.74, 6) is 0.926. The zero-order chi connectivity index (χ0) is 25.0. The molecule has 3 aromatic rings. The molecule has 1 aromatic heterocycles. The van der Waals surface area contributed by atoms with Gasteiger partial charge in [0.05, 0.1) is 12.8 Å². The highest BCUT2D eigenvalue weighted by Gasteiger charge is 2.26. The molecule has 2 N–H and O–H groups in total. The van der Waals surface area contributed by atoms with Crippen LogP contribution in [0.4, 0.5) is 4.79 Å². The van der Waals surface area contributed by atoms with Crippen molar-refractivity contribution in [2.75, 3.05) is 27.2 Å². The van der Waals surface area contributed by atoms with Gasteiger partial charge in [-0.3, -0.25) is 9.47 Å². The average Bonchev–Trinajstić information content (AvgIpc) is 3.33. The first-order valence-electron chi connectivity index (χ1n) is 11.2. The highest BCUT2D eigenvalue weighted by atomic mass is 35.5. The van der Waals surface area contributed by atoms with Crippen LogP contribution in [0.3, 0.4) is 0 Å². The van der Waals surface area contributed by atoms with Gasteiger partial charge in [0.1, 0.15) is 17.8 Å². The van der Waals surface area contributed by atoms with Crippen LogP contribution in [-0.2, 0) is 16.8 Å². The Morgan fingerprint density at radius 1 is 1.14 bits per heavy atom. The first-order valence-corrected chi connectivity index (χ1v) is 12.7. The van der Waals surface area contributed by atoms with E-state index < -0.39 is 10.3 Å². The van der Waals surface area contributed by atoms with Gasteiger partial charge in [0.2, 0.25) is 0 Å². The Bertz CT molecular complexity index is 1290. The number of halogens is 1. The minimum Gasteiger partial charge on any atom is -0.497 e. The maximum Gasteiger partial charge on any atom is 0.380 e. The number of ether oxygens (including phenoxy) is 1. The van der Waals surface area contributed by atoms with Crippen molar-refractivity contribution in [3.8, 4) is 22.8 Å². The van der Waals surface area contributed by atoms with Gasteiger partial charge in [0.25, 0.3) is 0 Å². The quantitative estimate of drug-likeness (QED) is 0.493. The van der Waals surface area contributed by atoms with Gasteiger partial charge in [-0.15, -0.1) is 12.4 Å². The Labute approximate surface area is 217 Å². The minimum atomic E-state index is -4.13. The molecule has 0 bridgehead atoms. The van der Waals surface area contributed by atoms with Crippen LogP contribution in [0, 0.1) is 0 Å². The maximum atomic E-state index is 13.1. The topological polar surface area (TPSA) is 120 Å². The lowest BCUT2D eigenvalue weighted by atomic mass is 10.0. The summed E-state index contributed by atoms with van der Waals surface area (Å²) in [4.78, 5) is 21.5. The van der Waals surface area contributed by atoms with Gasteiger partial charge >= 0.3 is 16.3 Å². The molecule has 12 heteroatoms. The van der Waals surface area contributed by atoms with Gasteiger partial charge in [-0.05, 0) is 42.7 Å². The molecular weight excluding hydrogens is 506 g/mol. The lowest BCUT2D eigenvalue weighted by molar-refractivity contribution is 0.132. The van der Waals surface area contributed by atoms with E-state index in [4.69, 9.17) is 14.1 Å². The summed E-state index contributed by atoms with van der Waals surface area (Å²) in [5, 5.41) is 4.94. The van der Waals surface area contributed by atoms with Crippen molar-refractivity contribution >= 4 is 28.7 Å². The number of benzene rings is 2. The molecule has 0 atom stereocenters. The number of piperidine rings is 1. The molecule has 1 fully saturated rings. The Balaban J connectivity index is 0.00000361. The third kappa shape index (κ3) is 6.97. The van der Waals surface area contributed by atoms with Crippen LogP contribution in [-0.4, -0.2) is 67.1 Å². The van der Waals surface area contributed by atoms with Crippen molar-refractivity contribution in [3.63, 3.8) is 0 Å². The smallest absolute Gasteiger partial charge is 0.380 e. The number of imidazole rings is 1. The lowest BCUT2D eigenvalue weighted by Crippen LogP contribution is -2.46. The van der Waals surface area contributed by atoms with Crippen LogP contribution < -0.4 is 14.1 Å². The number of amides is 1. The van der Waals surface area contributed by atoms with Crippen LogP contribution in [0.2, 0.25) is 0 Å². The molecule has 0 saturated carbocycles. The number of aromatic nitrogens is 2. The molecule has 1 aliphatic heterocycles. The highest BCUT2D eigenvalue weighted by molar-refractivity contribution is 7.84. The van der Waals surface area contributed by atoms with Crippen LogP contribution >= 0.6 is 12.4 Å². The van der Waals surface area contributed by atoms with Gasteiger partial charge in [-0.2, -0.15) is 13.6 Å². The molecule has 10 nitrogen and oxygen atoms in total. The third-order valence-corrected chi connectivity index (χ3v) is 6.52. The van der Waals surface area contributed by atoms with Crippen LogP contribution in [0.1, 0.15) is 18.4 Å². The summed E-state index contributed by atoms with van der Waals surface area (Å²) >= 11 is 0. The van der Waals surface area contributed by atoms with Gasteiger partial charge in [-0.25, -0.2) is 9.78 Å². The van der Waals surface area contributed by atoms with Crippen molar-refractivity contribution in [2.45, 2.75) is 25.4 Å². The van der Waals surface area contributed by atoms with Crippen molar-refractivity contribution in [2.24, 2.45) is 5.14 Å². The second kappa shape index (κ2) is 11.7. The summed E-state index contributed by atoms with van der Waals surface area (Å²) in [5.41, 5.74) is 2.32. The van der Waals surface area contributed by atoms with E-state index in [9.17, 15) is 13.2 Å². The molecule has 0 unspecified atom stereocenters. The molecule has 194 valence electrons. The summed E-state index contributed by atoms with van der Waals surface area (Å²) in [6.45, 7) is 2.64. The van der Waals surface area contributed by atoms with E-state index in [2.05, 4.69) is 22.0 Å². The number of nitrogens with two attached hydrogens (primary N) is 1. The first kappa shape index (κ1) is 27.5. The van der Waals surface area contributed by atoms with Crippen molar-refractivity contribution in [1.29, 1.82) is 0 Å². The Morgan fingerprint density at radius 3 is 2.53 bits per heavy atom. The van der Waals surface area contributed by atoms with Crippen molar-refractivity contribution in [1.82, 2.24) is 19.4 Å². The largest absolute Gasteiger partial charge is 0.497 e. The minimum absolute atomic E-state index is 0. The van der Waals surface area contributed by atoms with Crippen molar-refractivity contribution in [3.05, 3.63) is 66.6 Å². The fourth-order valence-corrected chi connectivity index (χ4v) is 4.62. The zero-order valence-corrected chi connectivity index (χ0v) is 21.7. The second-order valence-corrected chi connectivity index (χ2v) is 9.67. The molecule has 4 rings (SSSR count). The number of hydrogen-bond donors (Lipinski definition) is 1. The van der Waals surface area contributed by atoms with Crippen LogP contribution in [0.25, 0.3) is 11.3 Å². The fourth-order valence-electron chi connectivity index (χ4n) is 4.25. The molecule has 2 heterocycles. The molecule has 2 aromatic carbocycles. The molecule has 1 saturated heterocycles. The fraction of sp³-hybridized carbons (Fsp3) is 0.333. The number of carbonyl (C=O) groups is 1. The van der Waals surface area contributed by atoms with E-state index in [0.29, 0.717) is 11.3 Å². The van der Waals surface area contributed by atoms with E-state index in [1.165, 1.54) is 28.6 Å². The average molecular weight is 536 g/mol. The monoisotopic (exact) mass is 535 g/mol. The Morgan fingerprint density at radius 2 is 1.83 bits per heavy atom. The first-order chi connectivity index (χ1) is 16.7. The molecule has 0 aliphatic carbocycles. The maximum absolute atomic E-state index is 13.1. The number of hydrogen-bond acceptors (Lipinski definition) is 7. The van der Waals surface area contributed by atoms with Gasteiger partial charge in [0.15, 0.2) is 0 Å². The van der Waals surface area contributed by atoms with Gasteiger partial charge < -0.3 is 13.8 Å². The van der Waals surface area contributed by atoms with E-state index in [1.807, 2.05) is 19.2 Å². The standard InChI is InChI=1S/C24H29N5O5S.ClH/c1-27(20-9-11-28(12-10-20)15-18-5-3-7-21(13-18)33-2)24(30)29-16-23(26-17-29)19-6-4-8-22(14-19)34-35(25,31)32;/h3-8,13-14,16-17,20H,9-12,15H2,1-2H3,(H2,25,31,32);1H. The molecule has 1 amide bonds. The Kier molecular flexibility index (Phi) is 8.96. The number of methoxy groups -OCH3 is 1. The predicted octanol–water partition coefficient (Wildman–Crippen LogP) is 3.13. The predicted molar refractivity (Wildman–Crippen MR) is 138 cm³/mol. The summed E-state index contributed by atoms with van der Waals surface area (Å²) < 4.78 is 33.8. The highest BCUT2D eigenvalue weighted by Crippen LogP contribution is 2.24. The van der Waals surface area contributed by atoms with E-state index in [1.54, 1.807) is 30.3 Å². The van der Waals surface area contributed by atoms with Crippen molar-refractivity contribution < 1.29 is 22.1 Å². The van der Waals surface area contributed by atoms with E-state index >= 15 is 0 Å². The molecule has 1 aliphatic rings. The number of likely N-dealkylation sites (tertiary alicyclic amines) is 1.